The molecule has 0 atom stereocenters. The molecule has 1 spiro atoms. The molecule has 2 fully saturated rings. The van der Waals surface area contributed by atoms with Crippen molar-refractivity contribution in [2.45, 2.75) is 51.0 Å². The second kappa shape index (κ2) is 6.26. The first-order valence-electron chi connectivity index (χ1n) is 8.41. The first kappa shape index (κ1) is 16.5. The van der Waals surface area contributed by atoms with Gasteiger partial charge in [0.25, 0.3) is 5.91 Å². The number of nitrogens with one attached hydrogen (secondary N) is 2. The Morgan fingerprint density at radius 2 is 2.04 bits per heavy atom. The molecule has 1 aromatic heterocycles. The van der Waals surface area contributed by atoms with Crippen LogP contribution in [0.15, 0.2) is 6.20 Å². The molecule has 3 rings (SSSR count). The molecule has 1 aromatic rings. The fourth-order valence-corrected chi connectivity index (χ4v) is 3.55. The minimum absolute atomic E-state index is 0.273. The average molecular weight is 333 g/mol. The lowest BCUT2D eigenvalue weighted by Gasteiger charge is -2.30. The lowest BCUT2D eigenvalue weighted by molar-refractivity contribution is -0.134. The van der Waals surface area contributed by atoms with Crippen molar-refractivity contribution in [1.29, 1.82) is 0 Å². The van der Waals surface area contributed by atoms with Crippen LogP contribution < -0.4 is 10.6 Å². The van der Waals surface area contributed by atoms with Gasteiger partial charge in [0.15, 0.2) is 0 Å². The number of imide groups is 1. The van der Waals surface area contributed by atoms with Crippen LogP contribution in [0.5, 0.6) is 0 Å². The summed E-state index contributed by atoms with van der Waals surface area (Å²) in [6, 6.07) is -0.473. The van der Waals surface area contributed by atoms with Crippen LogP contribution in [-0.4, -0.2) is 44.6 Å². The van der Waals surface area contributed by atoms with Crippen LogP contribution in [0.4, 0.5) is 10.5 Å². The van der Waals surface area contributed by atoms with Gasteiger partial charge in [0.2, 0.25) is 5.91 Å². The maximum atomic E-state index is 12.7. The molecule has 1 saturated heterocycles. The maximum Gasteiger partial charge on any atom is 0.325 e. The van der Waals surface area contributed by atoms with Crippen LogP contribution in [-0.2, 0) is 23.1 Å². The second-order valence-corrected chi connectivity index (χ2v) is 6.53. The second-order valence-electron chi connectivity index (χ2n) is 6.53. The third kappa shape index (κ3) is 2.88. The molecule has 1 saturated carbocycles. The van der Waals surface area contributed by atoms with Crippen LogP contribution in [0.2, 0.25) is 0 Å². The predicted octanol–water partition coefficient (Wildman–Crippen LogP) is 1.18. The number of hydrogen-bond donors (Lipinski definition) is 2. The van der Waals surface area contributed by atoms with Gasteiger partial charge in [-0.15, -0.1) is 0 Å². The standard InChI is InChI=1S/C16H23N5O3/c1-3-11-12(9-20(2)19-11)17-13(22)10-21-14(23)16(18-15(21)24)7-5-4-6-8-16/h9H,3-8,10H2,1-2H3,(H,17,22)(H,18,24). The molecule has 2 aliphatic rings. The summed E-state index contributed by atoms with van der Waals surface area (Å²) in [6.45, 7) is 1.67. The minimum atomic E-state index is -0.793. The van der Waals surface area contributed by atoms with Gasteiger partial charge < -0.3 is 10.6 Å². The van der Waals surface area contributed by atoms with E-state index in [0.717, 1.165) is 29.9 Å². The molecule has 1 aliphatic heterocycles. The van der Waals surface area contributed by atoms with E-state index in [1.807, 2.05) is 6.92 Å². The number of aromatic nitrogens is 2. The summed E-state index contributed by atoms with van der Waals surface area (Å²) in [4.78, 5) is 38.1. The zero-order chi connectivity index (χ0) is 17.3. The Morgan fingerprint density at radius 3 is 2.71 bits per heavy atom. The molecule has 8 heteroatoms. The Morgan fingerprint density at radius 1 is 1.33 bits per heavy atom. The first-order valence-corrected chi connectivity index (χ1v) is 8.41. The quantitative estimate of drug-likeness (QED) is 0.809. The molecular weight excluding hydrogens is 310 g/mol. The van der Waals surface area contributed by atoms with Gasteiger partial charge in [-0.2, -0.15) is 5.10 Å². The molecule has 1 aliphatic carbocycles. The number of carbonyl (C=O) groups is 3. The summed E-state index contributed by atoms with van der Waals surface area (Å²) >= 11 is 0. The highest BCUT2D eigenvalue weighted by atomic mass is 16.2. The molecule has 8 nitrogen and oxygen atoms in total. The van der Waals surface area contributed by atoms with E-state index in [2.05, 4.69) is 15.7 Å². The van der Waals surface area contributed by atoms with Crippen LogP contribution in [0, 0.1) is 0 Å². The van der Waals surface area contributed by atoms with Gasteiger partial charge in [-0.1, -0.05) is 26.2 Å². The lowest BCUT2D eigenvalue weighted by Crippen LogP contribution is -2.48. The fraction of sp³-hybridized carbons (Fsp3) is 0.625. The summed E-state index contributed by atoms with van der Waals surface area (Å²) < 4.78 is 1.62. The number of aryl methyl sites for hydroxylation is 2. The molecule has 0 radical (unpaired) electrons. The van der Waals surface area contributed by atoms with Crippen molar-refractivity contribution in [1.82, 2.24) is 20.0 Å². The number of anilines is 1. The van der Waals surface area contributed by atoms with E-state index >= 15 is 0 Å². The zero-order valence-electron chi connectivity index (χ0n) is 14.1. The largest absolute Gasteiger partial charge is 0.325 e. The highest BCUT2D eigenvalue weighted by molar-refractivity contribution is 6.10. The number of carbonyl (C=O) groups excluding carboxylic acids is 3. The third-order valence-corrected chi connectivity index (χ3v) is 4.77. The molecular formula is C16H23N5O3. The SMILES string of the molecule is CCc1nn(C)cc1NC(=O)CN1C(=O)NC2(CCCCC2)C1=O. The summed E-state index contributed by atoms with van der Waals surface area (Å²) in [5, 5.41) is 9.81. The Bertz CT molecular complexity index is 675. The first-order chi connectivity index (χ1) is 11.4. The molecule has 0 bridgehead atoms. The molecule has 0 unspecified atom stereocenters. The molecule has 2 heterocycles. The van der Waals surface area contributed by atoms with Crippen LogP contribution >= 0.6 is 0 Å². The predicted molar refractivity (Wildman–Crippen MR) is 87.3 cm³/mol. The fourth-order valence-electron chi connectivity index (χ4n) is 3.55. The lowest BCUT2D eigenvalue weighted by atomic mass is 9.82. The molecule has 2 N–H and O–H groups in total. The van der Waals surface area contributed by atoms with Crippen LogP contribution in [0.25, 0.3) is 0 Å². The Labute approximate surface area is 140 Å². The van der Waals surface area contributed by atoms with Gasteiger partial charge in [-0.05, 0) is 19.3 Å². The third-order valence-electron chi connectivity index (χ3n) is 4.77. The van der Waals surface area contributed by atoms with Crippen molar-refractivity contribution in [2.75, 3.05) is 11.9 Å². The average Bonchev–Trinajstić information content (AvgIpc) is 3.01. The molecule has 130 valence electrons. The molecule has 0 aromatic carbocycles. The van der Waals surface area contributed by atoms with E-state index in [9.17, 15) is 14.4 Å². The molecule has 24 heavy (non-hydrogen) atoms. The van der Waals surface area contributed by atoms with Gasteiger partial charge in [0.1, 0.15) is 12.1 Å². The monoisotopic (exact) mass is 333 g/mol. The Balaban J connectivity index is 1.68. The summed E-state index contributed by atoms with van der Waals surface area (Å²) in [7, 11) is 1.78. The van der Waals surface area contributed by atoms with Gasteiger partial charge in [0, 0.05) is 13.2 Å². The van der Waals surface area contributed by atoms with E-state index in [0.29, 0.717) is 24.9 Å². The Hall–Kier alpha value is -2.38. The zero-order valence-corrected chi connectivity index (χ0v) is 14.1. The maximum absolute atomic E-state index is 12.7. The van der Waals surface area contributed by atoms with E-state index in [-0.39, 0.29) is 12.5 Å². The van der Waals surface area contributed by atoms with Crippen molar-refractivity contribution in [2.24, 2.45) is 7.05 Å². The number of rotatable bonds is 4. The van der Waals surface area contributed by atoms with Crippen molar-refractivity contribution in [3.05, 3.63) is 11.9 Å². The molecule has 4 amide bonds. The Kier molecular flexibility index (Phi) is 4.29. The van der Waals surface area contributed by atoms with E-state index in [4.69, 9.17) is 0 Å². The normalized spacial score (nSPS) is 19.7. The highest BCUT2D eigenvalue weighted by Gasteiger charge is 2.51. The smallest absolute Gasteiger partial charge is 0.323 e. The number of nitrogens with zero attached hydrogens (tertiary/aromatic N) is 3. The van der Waals surface area contributed by atoms with Gasteiger partial charge in [-0.25, -0.2) is 4.79 Å². The van der Waals surface area contributed by atoms with Crippen molar-refractivity contribution >= 4 is 23.5 Å². The van der Waals surface area contributed by atoms with Crippen LogP contribution in [0.3, 0.4) is 0 Å². The van der Waals surface area contributed by atoms with Crippen molar-refractivity contribution < 1.29 is 14.4 Å². The van der Waals surface area contributed by atoms with E-state index < -0.39 is 17.5 Å². The minimum Gasteiger partial charge on any atom is -0.323 e. The van der Waals surface area contributed by atoms with Crippen LogP contribution in [0.1, 0.15) is 44.7 Å². The highest BCUT2D eigenvalue weighted by Crippen LogP contribution is 2.33. The van der Waals surface area contributed by atoms with Crippen molar-refractivity contribution in [3.8, 4) is 0 Å². The number of amides is 4. The van der Waals surface area contributed by atoms with Gasteiger partial charge >= 0.3 is 6.03 Å². The number of urea groups is 1. The van der Waals surface area contributed by atoms with Crippen molar-refractivity contribution in [3.63, 3.8) is 0 Å². The topological polar surface area (TPSA) is 96.3 Å². The van der Waals surface area contributed by atoms with E-state index in [1.165, 1.54) is 0 Å². The summed E-state index contributed by atoms with van der Waals surface area (Å²) in [5.74, 6) is -0.668. The summed E-state index contributed by atoms with van der Waals surface area (Å²) in [6.07, 6.45) is 6.61. The van der Waals surface area contributed by atoms with Gasteiger partial charge in [0.05, 0.1) is 11.4 Å². The van der Waals surface area contributed by atoms with Gasteiger partial charge in [-0.3, -0.25) is 19.2 Å². The summed E-state index contributed by atoms with van der Waals surface area (Å²) in [5.41, 5.74) is 0.592. The number of hydrogen-bond acceptors (Lipinski definition) is 4. The van der Waals surface area contributed by atoms with E-state index in [1.54, 1.807) is 17.9 Å².